The van der Waals surface area contributed by atoms with E-state index < -0.39 is 0 Å². The minimum atomic E-state index is 0. The van der Waals surface area contributed by atoms with Gasteiger partial charge in [0.15, 0.2) is 5.78 Å². The van der Waals surface area contributed by atoms with Crippen LogP contribution in [0.4, 0.5) is 11.4 Å². The van der Waals surface area contributed by atoms with Crippen molar-refractivity contribution in [2.75, 3.05) is 5.32 Å². The lowest BCUT2D eigenvalue weighted by Gasteiger charge is -2.12. The molecule has 0 aliphatic heterocycles. The van der Waals surface area contributed by atoms with E-state index in [0.29, 0.717) is 5.56 Å². The number of hydrogen-bond donors (Lipinski definition) is 2. The first-order valence-corrected chi connectivity index (χ1v) is 7.73. The van der Waals surface area contributed by atoms with E-state index >= 15 is 0 Å². The van der Waals surface area contributed by atoms with Crippen molar-refractivity contribution in [2.45, 2.75) is 13.8 Å². The number of hydrogen-bond acceptors (Lipinski definition) is 4. The van der Waals surface area contributed by atoms with Crippen LogP contribution >= 0.6 is 12.4 Å². The van der Waals surface area contributed by atoms with Gasteiger partial charge < -0.3 is 10.3 Å². The summed E-state index contributed by atoms with van der Waals surface area (Å²) in [6, 6.07) is 13.4. The Labute approximate surface area is 150 Å². The van der Waals surface area contributed by atoms with Gasteiger partial charge in [-0.2, -0.15) is 0 Å². The molecule has 0 atom stereocenters. The highest BCUT2D eigenvalue weighted by Crippen LogP contribution is 2.31. The predicted molar refractivity (Wildman–Crippen MR) is 103 cm³/mol. The summed E-state index contributed by atoms with van der Waals surface area (Å²) >= 11 is 0. The van der Waals surface area contributed by atoms with Crippen LogP contribution in [0.5, 0.6) is 0 Å². The number of benzene rings is 2. The topological polar surface area (TPSA) is 70.7 Å². The molecule has 5 nitrogen and oxygen atoms in total. The molecule has 2 heterocycles. The highest BCUT2D eigenvalue weighted by Gasteiger charge is 2.10. The lowest BCUT2D eigenvalue weighted by molar-refractivity contribution is 0.101. The van der Waals surface area contributed by atoms with Crippen molar-refractivity contribution in [1.29, 1.82) is 0 Å². The number of halogens is 1. The van der Waals surface area contributed by atoms with Crippen LogP contribution in [0.25, 0.3) is 21.9 Å². The van der Waals surface area contributed by atoms with Crippen LogP contribution in [-0.4, -0.2) is 20.7 Å². The molecule has 4 rings (SSSR count). The average Bonchev–Trinajstić information content (AvgIpc) is 3.03. The van der Waals surface area contributed by atoms with E-state index in [1.54, 1.807) is 13.3 Å². The SMILES string of the molecule is CC(=O)c1ccc(Nc2cc(C)nc3ccc4nc[nH]c4c23)cc1.Cl. The van der Waals surface area contributed by atoms with Crippen LogP contribution in [-0.2, 0) is 0 Å². The fourth-order valence-electron chi connectivity index (χ4n) is 2.91. The molecule has 0 bridgehead atoms. The van der Waals surface area contributed by atoms with Crippen molar-refractivity contribution in [3.8, 4) is 0 Å². The van der Waals surface area contributed by atoms with Crippen molar-refractivity contribution in [3.63, 3.8) is 0 Å². The van der Waals surface area contributed by atoms with Crippen molar-refractivity contribution in [1.82, 2.24) is 15.0 Å². The fraction of sp³-hybridized carbons (Fsp3) is 0.105. The molecular weight excluding hydrogens is 336 g/mol. The second-order valence-electron chi connectivity index (χ2n) is 5.83. The van der Waals surface area contributed by atoms with Crippen molar-refractivity contribution >= 4 is 51.5 Å². The normalized spacial score (nSPS) is 10.6. The number of aromatic amines is 1. The zero-order valence-corrected chi connectivity index (χ0v) is 14.6. The molecule has 2 N–H and O–H groups in total. The molecule has 126 valence electrons. The van der Waals surface area contributed by atoms with E-state index in [0.717, 1.165) is 39.0 Å². The van der Waals surface area contributed by atoms with Crippen LogP contribution in [0.15, 0.2) is 48.8 Å². The molecule has 0 unspecified atom stereocenters. The van der Waals surface area contributed by atoms with E-state index in [9.17, 15) is 4.79 Å². The third-order valence-corrected chi connectivity index (χ3v) is 4.06. The summed E-state index contributed by atoms with van der Waals surface area (Å²) in [7, 11) is 0. The maximum atomic E-state index is 11.4. The Morgan fingerprint density at radius 2 is 1.80 bits per heavy atom. The smallest absolute Gasteiger partial charge is 0.159 e. The summed E-state index contributed by atoms with van der Waals surface area (Å²) < 4.78 is 0. The van der Waals surface area contributed by atoms with Crippen LogP contribution in [0.1, 0.15) is 23.0 Å². The fourth-order valence-corrected chi connectivity index (χ4v) is 2.91. The first-order chi connectivity index (χ1) is 11.6. The van der Waals surface area contributed by atoms with Gasteiger partial charge in [0, 0.05) is 22.3 Å². The summed E-state index contributed by atoms with van der Waals surface area (Å²) in [5, 5.41) is 4.44. The number of carbonyl (C=O) groups excluding carboxylic acids is 1. The number of fused-ring (bicyclic) bond motifs is 3. The van der Waals surface area contributed by atoms with Crippen molar-refractivity contribution < 1.29 is 4.79 Å². The first kappa shape index (κ1) is 16.9. The van der Waals surface area contributed by atoms with Crippen LogP contribution in [0.2, 0.25) is 0 Å². The molecule has 0 fully saturated rings. The molecule has 0 aliphatic rings. The zero-order valence-electron chi connectivity index (χ0n) is 13.8. The van der Waals surface area contributed by atoms with Crippen LogP contribution < -0.4 is 5.32 Å². The van der Waals surface area contributed by atoms with Crippen LogP contribution in [0.3, 0.4) is 0 Å². The number of anilines is 2. The van der Waals surface area contributed by atoms with Gasteiger partial charge in [0.05, 0.1) is 28.6 Å². The summed E-state index contributed by atoms with van der Waals surface area (Å²) in [5.74, 6) is 0.0610. The molecule has 4 aromatic rings. The lowest BCUT2D eigenvalue weighted by Crippen LogP contribution is -1.97. The minimum absolute atomic E-state index is 0. The number of nitrogens with one attached hydrogen (secondary N) is 2. The molecule has 0 aliphatic carbocycles. The largest absolute Gasteiger partial charge is 0.355 e. The van der Waals surface area contributed by atoms with Gasteiger partial charge in [0.1, 0.15) is 0 Å². The number of rotatable bonds is 3. The van der Waals surface area contributed by atoms with Gasteiger partial charge in [0.2, 0.25) is 0 Å². The summed E-state index contributed by atoms with van der Waals surface area (Å²) in [6.07, 6.45) is 1.69. The average molecular weight is 353 g/mol. The summed E-state index contributed by atoms with van der Waals surface area (Å²) in [4.78, 5) is 23.5. The van der Waals surface area contributed by atoms with E-state index in [1.807, 2.05) is 49.4 Å². The number of Topliss-reactive ketones (excluding diaryl/α,β-unsaturated/α-hetero) is 1. The van der Waals surface area contributed by atoms with Gasteiger partial charge in [-0.1, -0.05) is 0 Å². The van der Waals surface area contributed by atoms with Gasteiger partial charge in [-0.05, 0) is 56.3 Å². The second kappa shape index (κ2) is 6.53. The van der Waals surface area contributed by atoms with E-state index in [2.05, 4.69) is 20.3 Å². The third kappa shape index (κ3) is 3.06. The third-order valence-electron chi connectivity index (χ3n) is 4.06. The monoisotopic (exact) mass is 352 g/mol. The molecule has 0 saturated heterocycles. The molecule has 6 heteroatoms. The molecule has 0 radical (unpaired) electrons. The molecule has 0 amide bonds. The number of H-pyrrole nitrogens is 1. The van der Waals surface area contributed by atoms with Crippen molar-refractivity contribution in [2.24, 2.45) is 0 Å². The van der Waals surface area contributed by atoms with Crippen molar-refractivity contribution in [3.05, 3.63) is 60.0 Å². The van der Waals surface area contributed by atoms with E-state index in [1.165, 1.54) is 0 Å². The Balaban J connectivity index is 0.00000182. The molecule has 0 spiro atoms. The second-order valence-corrected chi connectivity index (χ2v) is 5.83. The zero-order chi connectivity index (χ0) is 16.7. The molecular formula is C19H17ClN4O. The quantitative estimate of drug-likeness (QED) is 0.520. The first-order valence-electron chi connectivity index (χ1n) is 7.73. The summed E-state index contributed by atoms with van der Waals surface area (Å²) in [6.45, 7) is 3.54. The maximum absolute atomic E-state index is 11.4. The number of aryl methyl sites for hydroxylation is 1. The Hall–Kier alpha value is -2.92. The van der Waals surface area contributed by atoms with Gasteiger partial charge in [-0.3, -0.25) is 9.78 Å². The predicted octanol–water partition coefficient (Wildman–Crippen LogP) is 4.79. The molecule has 25 heavy (non-hydrogen) atoms. The molecule has 2 aromatic heterocycles. The number of nitrogens with zero attached hydrogens (tertiary/aromatic N) is 2. The lowest BCUT2D eigenvalue weighted by atomic mass is 10.1. The Kier molecular flexibility index (Phi) is 4.42. The minimum Gasteiger partial charge on any atom is -0.355 e. The standard InChI is InChI=1S/C19H16N4O.ClH/c1-11-9-17(23-14-5-3-13(4-6-14)12(2)24)18-15(22-11)7-8-16-19(18)21-10-20-16;/h3-10H,1-2H3,(H,20,21)(H,22,23);1H. The number of ketones is 1. The molecule has 2 aromatic carbocycles. The number of aromatic nitrogens is 3. The Morgan fingerprint density at radius 3 is 2.52 bits per heavy atom. The van der Waals surface area contributed by atoms with E-state index in [4.69, 9.17) is 0 Å². The number of carbonyl (C=O) groups is 1. The highest BCUT2D eigenvalue weighted by molar-refractivity contribution is 6.10. The maximum Gasteiger partial charge on any atom is 0.159 e. The van der Waals surface area contributed by atoms with Gasteiger partial charge in [-0.25, -0.2) is 4.98 Å². The van der Waals surface area contributed by atoms with Gasteiger partial charge in [-0.15, -0.1) is 12.4 Å². The Bertz CT molecular complexity index is 1070. The Morgan fingerprint density at radius 1 is 1.08 bits per heavy atom. The van der Waals surface area contributed by atoms with Gasteiger partial charge >= 0.3 is 0 Å². The number of imidazole rings is 1. The van der Waals surface area contributed by atoms with Gasteiger partial charge in [0.25, 0.3) is 0 Å². The van der Waals surface area contributed by atoms with Crippen LogP contribution in [0, 0.1) is 6.92 Å². The molecule has 0 saturated carbocycles. The summed E-state index contributed by atoms with van der Waals surface area (Å²) in [5.41, 5.74) is 6.29. The highest BCUT2D eigenvalue weighted by atomic mass is 35.5. The number of pyridine rings is 1. The van der Waals surface area contributed by atoms with E-state index in [-0.39, 0.29) is 18.2 Å².